The molecule has 1 amide bonds. The Morgan fingerprint density at radius 3 is 2.59 bits per heavy atom. The average molecular weight is 466 g/mol. The number of aromatic amines is 1. The fourth-order valence-electron chi connectivity index (χ4n) is 4.23. The van der Waals surface area contributed by atoms with E-state index in [1.807, 2.05) is 4.90 Å². The predicted octanol–water partition coefficient (Wildman–Crippen LogP) is 2.10. The summed E-state index contributed by atoms with van der Waals surface area (Å²) >= 11 is 0. The monoisotopic (exact) mass is 466 g/mol. The number of nitrogens with zero attached hydrogens (tertiary/aromatic N) is 4. The summed E-state index contributed by atoms with van der Waals surface area (Å²) in [5.41, 5.74) is 1.85. The topological polar surface area (TPSA) is 152 Å². The number of carboxylic acid groups (broad SMARTS) is 2. The van der Waals surface area contributed by atoms with Gasteiger partial charge in [-0.3, -0.25) is 19.3 Å². The van der Waals surface area contributed by atoms with Crippen LogP contribution in [0.1, 0.15) is 30.9 Å². The number of hydrogen-bond acceptors (Lipinski definition) is 7. The van der Waals surface area contributed by atoms with Crippen molar-refractivity contribution < 1.29 is 24.6 Å². The van der Waals surface area contributed by atoms with Crippen molar-refractivity contribution >= 4 is 40.4 Å². The molecule has 0 spiro atoms. The minimum atomic E-state index is -1.03. The van der Waals surface area contributed by atoms with Crippen molar-refractivity contribution in [2.45, 2.75) is 25.3 Å². The van der Waals surface area contributed by atoms with Gasteiger partial charge in [-0.1, -0.05) is 6.07 Å². The molecule has 1 aliphatic heterocycles. The lowest BCUT2D eigenvalue weighted by atomic mass is 10.0. The lowest BCUT2D eigenvalue weighted by Gasteiger charge is -2.27. The number of hydrogen-bond donors (Lipinski definition) is 4. The first kappa shape index (κ1) is 23.2. The molecular formula is C23H26N6O5. The molecule has 3 aromatic rings. The number of amides is 1. The molecule has 0 saturated carbocycles. The quantitative estimate of drug-likeness (QED) is 0.391. The lowest BCUT2D eigenvalue weighted by Crippen LogP contribution is -2.37. The number of carboxylic acids is 2. The molecule has 11 heteroatoms. The van der Waals surface area contributed by atoms with Crippen molar-refractivity contribution in [3.63, 3.8) is 0 Å². The maximum Gasteiger partial charge on any atom is 0.325 e. The average Bonchev–Trinajstić information content (AvgIpc) is 3.06. The Hall–Kier alpha value is -3.99. The van der Waals surface area contributed by atoms with Crippen LogP contribution in [0, 0.1) is 0 Å². The molecule has 0 aliphatic carbocycles. The molecule has 0 radical (unpaired) electrons. The van der Waals surface area contributed by atoms with E-state index in [9.17, 15) is 19.5 Å². The second kappa shape index (κ2) is 10.3. The van der Waals surface area contributed by atoms with E-state index in [-0.39, 0.29) is 12.8 Å². The molecule has 178 valence electrons. The van der Waals surface area contributed by atoms with Crippen LogP contribution in [0.3, 0.4) is 0 Å². The number of nitrogens with one attached hydrogen (secondary N) is 2. The summed E-state index contributed by atoms with van der Waals surface area (Å²) in [5, 5.41) is 22.3. The second-order valence-corrected chi connectivity index (χ2v) is 8.11. The summed E-state index contributed by atoms with van der Waals surface area (Å²) < 4.78 is 0. The first-order chi connectivity index (χ1) is 16.4. The SMILES string of the molecule is O=C(O)CCC(=O)Nc1ccc2c([C@@H](C(=O)O)N3CCCN(c4ncccn4)CC3)c[nH]c2c1. The van der Waals surface area contributed by atoms with Gasteiger partial charge in [-0.05, 0) is 24.6 Å². The van der Waals surface area contributed by atoms with E-state index in [1.54, 1.807) is 42.9 Å². The fourth-order valence-corrected chi connectivity index (χ4v) is 4.23. The molecule has 4 N–H and O–H groups in total. The van der Waals surface area contributed by atoms with Gasteiger partial charge in [-0.25, -0.2) is 9.97 Å². The minimum absolute atomic E-state index is 0.121. The first-order valence-electron chi connectivity index (χ1n) is 11.0. The number of carbonyl (C=O) groups is 3. The van der Waals surface area contributed by atoms with Crippen molar-refractivity contribution in [3.05, 3.63) is 48.4 Å². The van der Waals surface area contributed by atoms with Crippen LogP contribution < -0.4 is 10.2 Å². The van der Waals surface area contributed by atoms with Gasteiger partial charge in [0.1, 0.15) is 6.04 Å². The summed E-state index contributed by atoms with van der Waals surface area (Å²) in [6.45, 7) is 2.51. The fraction of sp³-hybridized carbons (Fsp3) is 0.348. The van der Waals surface area contributed by atoms with E-state index >= 15 is 0 Å². The standard InChI is InChI=1S/C23H26N6O5/c30-19(5-6-20(31)32)27-15-3-4-16-17(14-26-18(16)13-15)21(22(33)34)28-9-2-10-29(12-11-28)23-24-7-1-8-25-23/h1,3-4,7-8,13-14,21,26H,2,5-6,9-12H2,(H,27,30)(H,31,32)(H,33,34)/t21-/m0/s1. The molecule has 1 saturated heterocycles. The molecular weight excluding hydrogens is 440 g/mol. The Kier molecular flexibility index (Phi) is 7.02. The Morgan fingerprint density at radius 2 is 1.85 bits per heavy atom. The van der Waals surface area contributed by atoms with Gasteiger partial charge in [0.15, 0.2) is 0 Å². The summed E-state index contributed by atoms with van der Waals surface area (Å²) in [6, 6.07) is 6.10. The van der Waals surface area contributed by atoms with Gasteiger partial charge < -0.3 is 25.4 Å². The highest BCUT2D eigenvalue weighted by Gasteiger charge is 2.31. The maximum atomic E-state index is 12.3. The van der Waals surface area contributed by atoms with Gasteiger partial charge in [-0.15, -0.1) is 0 Å². The van der Waals surface area contributed by atoms with Crippen LogP contribution >= 0.6 is 0 Å². The van der Waals surface area contributed by atoms with Gasteiger partial charge >= 0.3 is 11.9 Å². The molecule has 1 atom stereocenters. The number of H-pyrrole nitrogens is 1. The molecule has 34 heavy (non-hydrogen) atoms. The molecule has 2 aromatic heterocycles. The van der Waals surface area contributed by atoms with Crippen molar-refractivity contribution in [3.8, 4) is 0 Å². The van der Waals surface area contributed by atoms with Crippen LogP contribution in [0.4, 0.5) is 11.6 Å². The van der Waals surface area contributed by atoms with Crippen LogP contribution in [0.15, 0.2) is 42.9 Å². The van der Waals surface area contributed by atoms with E-state index in [0.29, 0.717) is 42.4 Å². The van der Waals surface area contributed by atoms with Crippen LogP contribution in [0.5, 0.6) is 0 Å². The Morgan fingerprint density at radius 1 is 1.06 bits per heavy atom. The molecule has 0 unspecified atom stereocenters. The van der Waals surface area contributed by atoms with E-state index in [0.717, 1.165) is 18.4 Å². The predicted molar refractivity (Wildman–Crippen MR) is 125 cm³/mol. The van der Waals surface area contributed by atoms with Crippen LogP contribution in [-0.4, -0.2) is 74.1 Å². The minimum Gasteiger partial charge on any atom is -0.481 e. The molecule has 1 fully saturated rings. The van der Waals surface area contributed by atoms with E-state index in [2.05, 4.69) is 25.2 Å². The normalized spacial score (nSPS) is 15.6. The molecule has 1 aromatic carbocycles. The van der Waals surface area contributed by atoms with Gasteiger partial charge in [0.2, 0.25) is 11.9 Å². The maximum absolute atomic E-state index is 12.3. The Labute approximate surface area is 195 Å². The summed E-state index contributed by atoms with van der Waals surface area (Å²) in [6.07, 6.45) is 5.49. The zero-order valence-corrected chi connectivity index (χ0v) is 18.5. The highest BCUT2D eigenvalue weighted by Crippen LogP contribution is 2.31. The van der Waals surface area contributed by atoms with Crippen LogP contribution in [-0.2, 0) is 14.4 Å². The highest BCUT2D eigenvalue weighted by molar-refractivity contribution is 5.96. The third-order valence-corrected chi connectivity index (χ3v) is 5.82. The third-order valence-electron chi connectivity index (χ3n) is 5.82. The number of rotatable bonds is 8. The molecule has 11 nitrogen and oxygen atoms in total. The zero-order chi connectivity index (χ0) is 24.1. The number of fused-ring (bicyclic) bond motifs is 1. The van der Waals surface area contributed by atoms with E-state index in [4.69, 9.17) is 5.11 Å². The molecule has 1 aliphatic rings. The van der Waals surface area contributed by atoms with Crippen LogP contribution in [0.25, 0.3) is 10.9 Å². The third kappa shape index (κ3) is 5.31. The number of benzene rings is 1. The lowest BCUT2D eigenvalue weighted by molar-refractivity contribution is -0.143. The van der Waals surface area contributed by atoms with Crippen molar-refractivity contribution in [2.75, 3.05) is 36.4 Å². The zero-order valence-electron chi connectivity index (χ0n) is 18.5. The summed E-state index contributed by atoms with van der Waals surface area (Å²) in [7, 11) is 0. The van der Waals surface area contributed by atoms with Gasteiger partial charge in [-0.2, -0.15) is 0 Å². The molecule has 4 rings (SSSR count). The molecule has 3 heterocycles. The number of aromatic nitrogens is 3. The highest BCUT2D eigenvalue weighted by atomic mass is 16.4. The first-order valence-corrected chi connectivity index (χ1v) is 11.0. The number of anilines is 2. The van der Waals surface area contributed by atoms with Crippen molar-refractivity contribution in [1.82, 2.24) is 19.9 Å². The Bertz CT molecular complexity index is 1180. The van der Waals surface area contributed by atoms with E-state index < -0.39 is 23.9 Å². The van der Waals surface area contributed by atoms with Crippen molar-refractivity contribution in [2.24, 2.45) is 0 Å². The summed E-state index contributed by atoms with van der Waals surface area (Å²) in [5.74, 6) is -1.72. The van der Waals surface area contributed by atoms with Crippen LogP contribution in [0.2, 0.25) is 0 Å². The molecule has 0 bridgehead atoms. The van der Waals surface area contributed by atoms with Gasteiger partial charge in [0.25, 0.3) is 0 Å². The smallest absolute Gasteiger partial charge is 0.325 e. The second-order valence-electron chi connectivity index (χ2n) is 8.11. The van der Waals surface area contributed by atoms with Gasteiger partial charge in [0, 0.05) is 73.3 Å². The largest absolute Gasteiger partial charge is 0.481 e. The van der Waals surface area contributed by atoms with Crippen molar-refractivity contribution in [1.29, 1.82) is 0 Å². The van der Waals surface area contributed by atoms with E-state index in [1.165, 1.54) is 0 Å². The number of aliphatic carboxylic acids is 2. The summed E-state index contributed by atoms with van der Waals surface area (Å²) in [4.78, 5) is 50.7. The van der Waals surface area contributed by atoms with Gasteiger partial charge in [0.05, 0.1) is 6.42 Å². The number of carbonyl (C=O) groups excluding carboxylic acids is 1. The Balaban J connectivity index is 1.51.